The molecule has 0 aliphatic heterocycles. The van der Waals surface area contributed by atoms with E-state index in [-0.39, 0.29) is 0 Å². The summed E-state index contributed by atoms with van der Waals surface area (Å²) in [7, 11) is 0. The van der Waals surface area contributed by atoms with Gasteiger partial charge in [-0.1, -0.05) is 0 Å². The minimum atomic E-state index is 0.497. The molecule has 1 aromatic heterocycles. The molecule has 0 radical (unpaired) electrons. The highest BCUT2D eigenvalue weighted by Crippen LogP contribution is 2.20. The first-order valence-corrected chi connectivity index (χ1v) is 6.89. The Morgan fingerprint density at radius 2 is 1.90 bits per heavy atom. The van der Waals surface area contributed by atoms with Crippen molar-refractivity contribution in [3.63, 3.8) is 0 Å². The summed E-state index contributed by atoms with van der Waals surface area (Å²) >= 11 is 0. The summed E-state index contributed by atoms with van der Waals surface area (Å²) in [5, 5.41) is 3.14. The summed E-state index contributed by atoms with van der Waals surface area (Å²) in [6.45, 7) is 5.40. The van der Waals surface area contributed by atoms with Gasteiger partial charge < -0.3 is 20.5 Å². The van der Waals surface area contributed by atoms with Gasteiger partial charge in [-0.3, -0.25) is 0 Å². The molecule has 2 rings (SSSR count). The Hall–Kier alpha value is -2.34. The molecule has 6 heteroatoms. The minimum absolute atomic E-state index is 0.497. The van der Waals surface area contributed by atoms with Crippen LogP contribution in [-0.4, -0.2) is 29.7 Å². The number of anilines is 2. The number of ether oxygens (including phenoxy) is 2. The Bertz CT molecular complexity index is 572. The van der Waals surface area contributed by atoms with E-state index in [1.54, 1.807) is 6.07 Å². The number of nitrogens with zero attached hydrogens (tertiary/aromatic N) is 2. The third-order valence-electron chi connectivity index (χ3n) is 2.62. The van der Waals surface area contributed by atoms with Gasteiger partial charge in [0.05, 0.1) is 6.61 Å². The highest BCUT2D eigenvalue weighted by atomic mass is 16.5. The van der Waals surface area contributed by atoms with Crippen LogP contribution in [-0.2, 0) is 0 Å². The highest BCUT2D eigenvalue weighted by Gasteiger charge is 2.03. The van der Waals surface area contributed by atoms with E-state index in [1.165, 1.54) is 0 Å². The normalized spacial score (nSPS) is 10.2. The van der Waals surface area contributed by atoms with Gasteiger partial charge in [-0.05, 0) is 38.1 Å². The maximum atomic E-state index is 5.43. The lowest BCUT2D eigenvalue weighted by atomic mass is 10.3. The molecule has 0 aliphatic carbocycles. The molecule has 1 heterocycles. The van der Waals surface area contributed by atoms with Crippen molar-refractivity contribution in [3.05, 3.63) is 36.0 Å². The van der Waals surface area contributed by atoms with Crippen LogP contribution < -0.4 is 20.5 Å². The largest absolute Gasteiger partial charge is 0.492 e. The van der Waals surface area contributed by atoms with E-state index in [0.717, 1.165) is 17.1 Å². The molecular formula is C15H20N4O2. The summed E-state index contributed by atoms with van der Waals surface area (Å²) in [6, 6.07) is 9.35. The fourth-order valence-corrected chi connectivity index (χ4v) is 1.76. The van der Waals surface area contributed by atoms with Crippen LogP contribution in [0.5, 0.6) is 11.6 Å². The molecule has 0 atom stereocenters. The second-order valence-corrected chi connectivity index (χ2v) is 4.39. The summed E-state index contributed by atoms with van der Waals surface area (Å²) in [6.07, 6.45) is 0. The molecule has 0 bridgehead atoms. The Labute approximate surface area is 124 Å². The number of nitrogens with two attached hydrogens (primary N) is 1. The summed E-state index contributed by atoms with van der Waals surface area (Å²) in [5.41, 5.74) is 7.12. The standard InChI is InChI=1S/C15H20N4O2/c1-3-20-14-10-11(2)17-15(19-14)18-12-4-6-13(7-5-12)21-9-8-16/h4-7,10H,3,8-9,16H2,1-2H3,(H,17,18,19). The molecule has 0 unspecified atom stereocenters. The molecule has 0 saturated carbocycles. The van der Waals surface area contributed by atoms with Crippen LogP contribution >= 0.6 is 0 Å². The van der Waals surface area contributed by atoms with Crippen LogP contribution in [0.25, 0.3) is 0 Å². The molecule has 6 nitrogen and oxygen atoms in total. The number of nitrogens with one attached hydrogen (secondary N) is 1. The Balaban J connectivity index is 2.07. The average molecular weight is 288 g/mol. The molecular weight excluding hydrogens is 268 g/mol. The fourth-order valence-electron chi connectivity index (χ4n) is 1.76. The first kappa shape index (κ1) is 15.1. The lowest BCUT2D eigenvalue weighted by Crippen LogP contribution is -2.10. The van der Waals surface area contributed by atoms with Gasteiger partial charge in [-0.15, -0.1) is 0 Å². The zero-order valence-electron chi connectivity index (χ0n) is 12.3. The van der Waals surface area contributed by atoms with Gasteiger partial charge in [-0.2, -0.15) is 4.98 Å². The maximum absolute atomic E-state index is 5.43. The first-order valence-electron chi connectivity index (χ1n) is 6.89. The quantitative estimate of drug-likeness (QED) is 0.813. The zero-order valence-corrected chi connectivity index (χ0v) is 12.3. The van der Waals surface area contributed by atoms with E-state index in [9.17, 15) is 0 Å². The third kappa shape index (κ3) is 4.61. The Morgan fingerprint density at radius 1 is 1.14 bits per heavy atom. The second-order valence-electron chi connectivity index (χ2n) is 4.39. The first-order chi connectivity index (χ1) is 10.2. The number of hydrogen-bond donors (Lipinski definition) is 2. The zero-order chi connectivity index (χ0) is 15.1. The van der Waals surface area contributed by atoms with Crippen molar-refractivity contribution in [2.75, 3.05) is 25.1 Å². The van der Waals surface area contributed by atoms with Gasteiger partial charge in [0.1, 0.15) is 12.4 Å². The van der Waals surface area contributed by atoms with E-state index >= 15 is 0 Å². The average Bonchev–Trinajstić information content (AvgIpc) is 2.46. The van der Waals surface area contributed by atoms with Gasteiger partial charge in [0.15, 0.2) is 0 Å². The minimum Gasteiger partial charge on any atom is -0.492 e. The smallest absolute Gasteiger partial charge is 0.230 e. The van der Waals surface area contributed by atoms with Crippen LogP contribution in [0.3, 0.4) is 0 Å². The molecule has 0 amide bonds. The van der Waals surface area contributed by atoms with Crippen LogP contribution in [0.15, 0.2) is 30.3 Å². The summed E-state index contributed by atoms with van der Waals surface area (Å²) in [4.78, 5) is 8.63. The van der Waals surface area contributed by atoms with Crippen molar-refractivity contribution in [3.8, 4) is 11.6 Å². The number of aryl methyl sites for hydroxylation is 1. The van der Waals surface area contributed by atoms with E-state index < -0.39 is 0 Å². The second kappa shape index (κ2) is 7.44. The van der Waals surface area contributed by atoms with E-state index in [1.807, 2.05) is 38.1 Å². The summed E-state index contributed by atoms with van der Waals surface area (Å²) < 4.78 is 10.8. The van der Waals surface area contributed by atoms with Crippen molar-refractivity contribution < 1.29 is 9.47 Å². The molecule has 3 N–H and O–H groups in total. The monoisotopic (exact) mass is 288 g/mol. The van der Waals surface area contributed by atoms with Crippen molar-refractivity contribution >= 4 is 11.6 Å². The molecule has 21 heavy (non-hydrogen) atoms. The summed E-state index contributed by atoms with van der Waals surface area (Å²) in [5.74, 6) is 1.86. The number of rotatable bonds is 7. The van der Waals surface area contributed by atoms with E-state index in [2.05, 4.69) is 15.3 Å². The molecule has 0 saturated heterocycles. The molecule has 112 valence electrons. The maximum Gasteiger partial charge on any atom is 0.230 e. The Morgan fingerprint density at radius 3 is 2.57 bits per heavy atom. The van der Waals surface area contributed by atoms with Gasteiger partial charge in [0.2, 0.25) is 11.8 Å². The van der Waals surface area contributed by atoms with Gasteiger partial charge >= 0.3 is 0 Å². The molecule has 0 aliphatic rings. The number of hydrogen-bond acceptors (Lipinski definition) is 6. The lowest BCUT2D eigenvalue weighted by Gasteiger charge is -2.09. The molecule has 2 aromatic rings. The number of benzene rings is 1. The van der Waals surface area contributed by atoms with Gasteiger partial charge in [0.25, 0.3) is 0 Å². The predicted octanol–water partition coefficient (Wildman–Crippen LogP) is 2.26. The van der Waals surface area contributed by atoms with Gasteiger partial charge in [-0.25, -0.2) is 4.98 Å². The SMILES string of the molecule is CCOc1cc(C)nc(Nc2ccc(OCCN)cc2)n1. The van der Waals surface area contributed by atoms with Crippen molar-refractivity contribution in [1.82, 2.24) is 9.97 Å². The highest BCUT2D eigenvalue weighted by molar-refractivity contribution is 5.55. The van der Waals surface area contributed by atoms with Gasteiger partial charge in [0, 0.05) is 24.0 Å². The third-order valence-corrected chi connectivity index (χ3v) is 2.62. The predicted molar refractivity (Wildman–Crippen MR) is 82.2 cm³/mol. The fraction of sp³-hybridized carbons (Fsp3) is 0.333. The topological polar surface area (TPSA) is 82.3 Å². The van der Waals surface area contributed by atoms with Crippen LogP contribution in [0.1, 0.15) is 12.6 Å². The number of aromatic nitrogens is 2. The van der Waals surface area contributed by atoms with Crippen molar-refractivity contribution in [2.24, 2.45) is 5.73 Å². The van der Waals surface area contributed by atoms with Crippen molar-refractivity contribution in [1.29, 1.82) is 0 Å². The Kier molecular flexibility index (Phi) is 5.34. The van der Waals surface area contributed by atoms with E-state index in [4.69, 9.17) is 15.2 Å². The van der Waals surface area contributed by atoms with Crippen LogP contribution in [0, 0.1) is 6.92 Å². The molecule has 0 spiro atoms. The van der Waals surface area contributed by atoms with Crippen molar-refractivity contribution in [2.45, 2.75) is 13.8 Å². The van der Waals surface area contributed by atoms with E-state index in [0.29, 0.717) is 31.6 Å². The molecule has 1 aromatic carbocycles. The lowest BCUT2D eigenvalue weighted by molar-refractivity contribution is 0.326. The van der Waals surface area contributed by atoms with Crippen LogP contribution in [0.2, 0.25) is 0 Å². The molecule has 0 fully saturated rings. The van der Waals surface area contributed by atoms with Crippen LogP contribution in [0.4, 0.5) is 11.6 Å².